The number of nitrogens with zero attached hydrogens (tertiary/aromatic N) is 3. The molecule has 10 nitrogen and oxygen atoms in total. The molecule has 238 valence electrons. The van der Waals surface area contributed by atoms with Crippen molar-refractivity contribution in [3.8, 4) is 22.8 Å². The molecule has 1 N–H and O–H groups in total. The third-order valence-electron chi connectivity index (χ3n) is 8.49. The van der Waals surface area contributed by atoms with Gasteiger partial charge in [0.15, 0.2) is 11.5 Å². The zero-order chi connectivity index (χ0) is 32.5. The van der Waals surface area contributed by atoms with Gasteiger partial charge < -0.3 is 19.7 Å². The Morgan fingerprint density at radius 2 is 1.85 bits per heavy atom. The number of hydrogen-bond acceptors (Lipinski definition) is 8. The first-order valence-corrected chi connectivity index (χ1v) is 16.4. The number of nitrogens with one attached hydrogen (secondary N) is 1. The Morgan fingerprint density at radius 3 is 2.66 bits per heavy atom. The molecule has 0 radical (unpaired) electrons. The lowest BCUT2D eigenvalue weighted by molar-refractivity contribution is -0.140. The first-order valence-electron chi connectivity index (χ1n) is 15.2. The van der Waals surface area contributed by atoms with Gasteiger partial charge in [-0.1, -0.05) is 48.0 Å². The highest BCUT2D eigenvalue weighted by Crippen LogP contribution is 2.36. The van der Waals surface area contributed by atoms with Crippen molar-refractivity contribution in [1.82, 2.24) is 9.88 Å². The van der Waals surface area contributed by atoms with E-state index in [-0.39, 0.29) is 30.7 Å². The number of fused-ring (bicyclic) bond motifs is 2. The van der Waals surface area contributed by atoms with E-state index in [0.717, 1.165) is 12.0 Å². The van der Waals surface area contributed by atoms with Crippen LogP contribution < -0.4 is 19.7 Å². The van der Waals surface area contributed by atoms with Crippen LogP contribution >= 0.6 is 22.9 Å². The highest BCUT2D eigenvalue weighted by atomic mass is 35.5. The van der Waals surface area contributed by atoms with E-state index in [1.54, 1.807) is 54.6 Å². The predicted octanol–water partition coefficient (Wildman–Crippen LogP) is 6.11. The molecule has 3 aliphatic rings. The third-order valence-corrected chi connectivity index (χ3v) is 9.58. The summed E-state index contributed by atoms with van der Waals surface area (Å²) in [5, 5.41) is 6.11. The van der Waals surface area contributed by atoms with Gasteiger partial charge in [0.05, 0.1) is 23.5 Å². The molecule has 3 heterocycles. The zero-order valence-electron chi connectivity index (χ0n) is 25.1. The minimum absolute atomic E-state index is 0.0220. The number of benzene rings is 3. The summed E-state index contributed by atoms with van der Waals surface area (Å²) in [5.41, 5.74) is 2.69. The molecule has 2 atom stereocenters. The fourth-order valence-electron chi connectivity index (χ4n) is 6.16. The van der Waals surface area contributed by atoms with E-state index in [1.807, 2.05) is 23.6 Å². The molecule has 7 rings (SSSR count). The topological polar surface area (TPSA) is 118 Å². The molecule has 4 aromatic rings. The fourth-order valence-corrected chi connectivity index (χ4v) is 7.09. The second kappa shape index (κ2) is 13.0. The molecular formula is C35H29ClN4O6S. The van der Waals surface area contributed by atoms with Crippen LogP contribution in [0.3, 0.4) is 0 Å². The van der Waals surface area contributed by atoms with Gasteiger partial charge in [0.25, 0.3) is 11.7 Å². The van der Waals surface area contributed by atoms with Gasteiger partial charge in [0.1, 0.15) is 17.6 Å². The number of amides is 3. The lowest BCUT2D eigenvalue weighted by atomic mass is 9.86. The number of Topliss-reactive ketones (excluding diaryl/α,β-unsaturated/α-hetero) is 1. The van der Waals surface area contributed by atoms with E-state index >= 15 is 0 Å². The Bertz CT molecular complexity index is 1910. The van der Waals surface area contributed by atoms with Crippen molar-refractivity contribution in [2.75, 3.05) is 23.6 Å². The second-order valence-electron chi connectivity index (χ2n) is 11.4. The van der Waals surface area contributed by atoms with E-state index in [1.165, 1.54) is 21.1 Å². The maximum Gasteiger partial charge on any atom is 0.299 e. The molecule has 0 spiro atoms. The molecule has 47 heavy (non-hydrogen) atoms. The van der Waals surface area contributed by atoms with Gasteiger partial charge in [-0.15, -0.1) is 11.3 Å². The van der Waals surface area contributed by atoms with Crippen molar-refractivity contribution in [3.05, 3.63) is 99.9 Å². The summed E-state index contributed by atoms with van der Waals surface area (Å²) < 4.78 is 10.9. The SMILES string of the molecule is O=C1C(=O)N(CC(=O)N(Cc2nc(-c3ccc(Cl)cc3)cs2)C(C(=O)Nc2ccc3c(c2)OCO3)C2CC=CCC2)c2ccccc21. The lowest BCUT2D eigenvalue weighted by Crippen LogP contribution is -2.54. The van der Waals surface area contributed by atoms with Gasteiger partial charge in [-0.05, 0) is 61.6 Å². The predicted molar refractivity (Wildman–Crippen MR) is 178 cm³/mol. The standard InChI is InChI=1S/C35H29ClN4O6S/c36-23-12-10-21(11-13-23)26-19-47-30(38-26)17-40(31(41)18-39-27-9-5-4-8-25(27)33(42)35(39)44)32(22-6-2-1-3-7-22)34(43)37-24-14-15-28-29(16-24)46-20-45-28/h1-2,4-5,8-16,19,22,32H,3,6-7,17-18,20H2,(H,37,43). The Balaban J connectivity index is 1.23. The van der Waals surface area contributed by atoms with Crippen LogP contribution in [-0.2, 0) is 20.9 Å². The molecule has 0 bridgehead atoms. The molecule has 3 aromatic carbocycles. The third kappa shape index (κ3) is 6.24. The number of ketones is 1. The van der Waals surface area contributed by atoms with Crippen molar-refractivity contribution in [2.45, 2.75) is 31.8 Å². The average molecular weight is 669 g/mol. The van der Waals surface area contributed by atoms with E-state index in [4.69, 9.17) is 26.1 Å². The maximum atomic E-state index is 14.4. The first kappa shape index (κ1) is 30.6. The molecule has 3 amide bonds. The summed E-state index contributed by atoms with van der Waals surface area (Å²) in [6.45, 7) is -0.291. The van der Waals surface area contributed by atoms with Crippen molar-refractivity contribution < 1.29 is 28.7 Å². The second-order valence-corrected chi connectivity index (χ2v) is 12.8. The number of para-hydroxylation sites is 1. The molecule has 1 aromatic heterocycles. The van der Waals surface area contributed by atoms with Gasteiger partial charge in [0.2, 0.25) is 18.6 Å². The molecule has 2 unspecified atom stereocenters. The van der Waals surface area contributed by atoms with Gasteiger partial charge in [-0.25, -0.2) is 4.98 Å². The van der Waals surface area contributed by atoms with Crippen LogP contribution in [-0.4, -0.2) is 52.8 Å². The fraction of sp³-hybridized carbons (Fsp3) is 0.229. The normalized spacial score (nSPS) is 17.0. The summed E-state index contributed by atoms with van der Waals surface area (Å²) in [6, 6.07) is 18.1. The lowest BCUT2D eigenvalue weighted by Gasteiger charge is -2.37. The number of thiazole rings is 1. The number of ether oxygens (including phenoxy) is 2. The van der Waals surface area contributed by atoms with E-state index < -0.39 is 30.2 Å². The number of hydrogen-bond donors (Lipinski definition) is 1. The molecule has 0 saturated carbocycles. The van der Waals surface area contributed by atoms with Crippen LogP contribution in [0.25, 0.3) is 11.3 Å². The Kier molecular flexibility index (Phi) is 8.48. The quantitative estimate of drug-likeness (QED) is 0.169. The number of carbonyl (C=O) groups is 4. The highest BCUT2D eigenvalue weighted by Gasteiger charge is 2.41. The molecule has 0 saturated heterocycles. The van der Waals surface area contributed by atoms with Crippen LogP contribution in [0.2, 0.25) is 5.02 Å². The van der Waals surface area contributed by atoms with Crippen molar-refractivity contribution in [1.29, 1.82) is 0 Å². The van der Waals surface area contributed by atoms with Gasteiger partial charge >= 0.3 is 0 Å². The Labute approximate surface area is 279 Å². The van der Waals surface area contributed by atoms with Crippen LogP contribution in [0, 0.1) is 5.92 Å². The van der Waals surface area contributed by atoms with E-state index in [9.17, 15) is 19.2 Å². The monoisotopic (exact) mass is 668 g/mol. The zero-order valence-corrected chi connectivity index (χ0v) is 26.6. The molecule has 1 aliphatic carbocycles. The summed E-state index contributed by atoms with van der Waals surface area (Å²) in [5.74, 6) is -1.41. The number of allylic oxidation sites excluding steroid dienone is 2. The van der Waals surface area contributed by atoms with Crippen LogP contribution in [0.4, 0.5) is 11.4 Å². The highest BCUT2D eigenvalue weighted by molar-refractivity contribution is 7.09. The van der Waals surface area contributed by atoms with Crippen LogP contribution in [0.1, 0.15) is 34.6 Å². The number of rotatable bonds is 9. The number of aromatic nitrogens is 1. The van der Waals surface area contributed by atoms with Crippen molar-refractivity contribution >= 4 is 57.8 Å². The minimum atomic E-state index is -0.913. The number of anilines is 2. The summed E-state index contributed by atoms with van der Waals surface area (Å²) in [7, 11) is 0. The molecule has 2 aliphatic heterocycles. The number of carbonyl (C=O) groups excluding carboxylic acids is 4. The summed E-state index contributed by atoms with van der Waals surface area (Å²) >= 11 is 7.46. The van der Waals surface area contributed by atoms with E-state index in [2.05, 4.69) is 11.4 Å². The van der Waals surface area contributed by atoms with Crippen LogP contribution in [0.15, 0.2) is 84.3 Å². The van der Waals surface area contributed by atoms with Crippen molar-refractivity contribution in [2.24, 2.45) is 5.92 Å². The minimum Gasteiger partial charge on any atom is -0.454 e. The molecule has 0 fully saturated rings. The first-order chi connectivity index (χ1) is 22.9. The van der Waals surface area contributed by atoms with Gasteiger partial charge in [-0.3, -0.25) is 24.1 Å². The van der Waals surface area contributed by atoms with Crippen LogP contribution in [0.5, 0.6) is 11.5 Å². The largest absolute Gasteiger partial charge is 0.454 e. The summed E-state index contributed by atoms with van der Waals surface area (Å²) in [4.78, 5) is 62.1. The Morgan fingerprint density at radius 1 is 1.04 bits per heavy atom. The van der Waals surface area contributed by atoms with Gasteiger partial charge in [-0.2, -0.15) is 0 Å². The number of halogens is 1. The average Bonchev–Trinajstić information content (AvgIpc) is 3.81. The maximum absolute atomic E-state index is 14.4. The smallest absolute Gasteiger partial charge is 0.299 e. The summed E-state index contributed by atoms with van der Waals surface area (Å²) in [6.07, 6.45) is 6.11. The van der Waals surface area contributed by atoms with Gasteiger partial charge in [0, 0.05) is 27.7 Å². The van der Waals surface area contributed by atoms with Crippen molar-refractivity contribution in [3.63, 3.8) is 0 Å². The van der Waals surface area contributed by atoms with E-state index in [0.29, 0.717) is 51.4 Å². The molecule has 12 heteroatoms. The Hall–Kier alpha value is -5.00. The molecular weight excluding hydrogens is 640 g/mol.